The summed E-state index contributed by atoms with van der Waals surface area (Å²) in [4.78, 5) is 35.0. The summed E-state index contributed by atoms with van der Waals surface area (Å²) in [5.41, 5.74) is 9.64. The Morgan fingerprint density at radius 1 is 0.965 bits per heavy atom. The fourth-order valence-electron chi connectivity index (χ4n) is 8.70. The number of likely N-dealkylation sites (tertiary alicyclic amines) is 1. The van der Waals surface area contributed by atoms with Crippen molar-refractivity contribution in [2.75, 3.05) is 38.7 Å². The fourth-order valence-corrected chi connectivity index (χ4v) is 8.70. The van der Waals surface area contributed by atoms with Gasteiger partial charge >= 0.3 is 0 Å². The molecule has 0 unspecified atom stereocenters. The van der Waals surface area contributed by atoms with Gasteiger partial charge in [-0.1, -0.05) is 31.2 Å². The van der Waals surface area contributed by atoms with Crippen molar-refractivity contribution in [1.82, 2.24) is 35.6 Å². The standard InChI is InChI=1S/C45H54N8O4/c1-5-40-38(42(50-34-12-14-57-15-13-34)39-25-49-53(6-2)43(39)51-40)24-48-45(55)33-17-28(3)16-32(20-33)44(54)47-22-29-10-11-41(56-4)37(19-29)31-9-7-8-30(18-31)26-52-27-35-21-36(52)23-46-35/h7-11,16-20,25,34-36,46H,5-6,12-15,21-24,26-27H2,1-4H3,(H,47,54)(H,48,55)(H,50,51)/t35-,36+/m0/s1. The predicted octanol–water partition coefficient (Wildman–Crippen LogP) is 5.99. The van der Waals surface area contributed by atoms with Gasteiger partial charge in [0, 0.05) is 98.6 Å². The van der Waals surface area contributed by atoms with E-state index < -0.39 is 0 Å². The highest BCUT2D eigenvalue weighted by atomic mass is 16.5. The zero-order valence-electron chi connectivity index (χ0n) is 33.5. The van der Waals surface area contributed by atoms with E-state index in [1.807, 2.05) is 42.1 Å². The topological polar surface area (TPSA) is 135 Å². The number of pyridine rings is 1. The maximum Gasteiger partial charge on any atom is 0.251 e. The molecule has 12 nitrogen and oxygen atoms in total. The second-order valence-electron chi connectivity index (χ2n) is 15.6. The molecule has 298 valence electrons. The molecule has 2 atom stereocenters. The van der Waals surface area contributed by atoms with Crippen LogP contribution in [0, 0.1) is 6.92 Å². The molecule has 4 N–H and O–H groups in total. The molecule has 12 heteroatoms. The van der Waals surface area contributed by atoms with Crippen LogP contribution in [-0.4, -0.2) is 83.0 Å². The van der Waals surface area contributed by atoms with Gasteiger partial charge in [0.1, 0.15) is 5.75 Å². The first-order chi connectivity index (χ1) is 27.8. The number of aryl methyl sites for hydroxylation is 3. The number of piperazine rings is 1. The largest absolute Gasteiger partial charge is 0.496 e. The molecule has 0 aliphatic carbocycles. The van der Waals surface area contributed by atoms with Crippen LogP contribution in [0.15, 0.2) is 66.9 Å². The molecule has 0 saturated carbocycles. The van der Waals surface area contributed by atoms with E-state index in [9.17, 15) is 9.59 Å². The molecule has 2 aromatic heterocycles. The van der Waals surface area contributed by atoms with Crippen molar-refractivity contribution in [3.8, 4) is 16.9 Å². The third-order valence-electron chi connectivity index (χ3n) is 11.7. The summed E-state index contributed by atoms with van der Waals surface area (Å²) in [6.45, 7) is 11.9. The molecule has 8 rings (SSSR count). The molecule has 0 radical (unpaired) electrons. The summed E-state index contributed by atoms with van der Waals surface area (Å²) in [6, 6.07) is 21.5. The number of nitrogens with one attached hydrogen (secondary N) is 4. The van der Waals surface area contributed by atoms with Gasteiger partial charge in [-0.2, -0.15) is 5.10 Å². The Morgan fingerprint density at radius 3 is 2.46 bits per heavy atom. The van der Waals surface area contributed by atoms with Crippen molar-refractivity contribution in [3.63, 3.8) is 0 Å². The van der Waals surface area contributed by atoms with Crippen LogP contribution in [0.1, 0.15) is 81.8 Å². The Bertz CT molecular complexity index is 2260. The van der Waals surface area contributed by atoms with E-state index in [-0.39, 0.29) is 24.4 Å². The lowest BCUT2D eigenvalue weighted by Gasteiger charge is -2.27. The van der Waals surface area contributed by atoms with E-state index in [4.69, 9.17) is 14.5 Å². The van der Waals surface area contributed by atoms with Crippen LogP contribution < -0.4 is 26.0 Å². The molecule has 3 aliphatic heterocycles. The number of fused-ring (bicyclic) bond motifs is 3. The van der Waals surface area contributed by atoms with Gasteiger partial charge in [-0.25, -0.2) is 9.67 Å². The van der Waals surface area contributed by atoms with Crippen molar-refractivity contribution < 1.29 is 19.1 Å². The minimum atomic E-state index is -0.257. The molecule has 0 spiro atoms. The monoisotopic (exact) mass is 770 g/mol. The quantitative estimate of drug-likeness (QED) is 0.107. The Morgan fingerprint density at radius 2 is 1.75 bits per heavy atom. The molecule has 3 aliphatic rings. The number of anilines is 1. The third kappa shape index (κ3) is 8.39. The van der Waals surface area contributed by atoms with E-state index in [2.05, 4.69) is 75.4 Å². The number of benzene rings is 3. The number of rotatable bonds is 14. The van der Waals surface area contributed by atoms with Gasteiger partial charge in [0.05, 0.1) is 24.4 Å². The van der Waals surface area contributed by atoms with Crippen LogP contribution in [0.4, 0.5) is 5.69 Å². The molecule has 5 aromatic rings. The Kier molecular flexibility index (Phi) is 11.5. The van der Waals surface area contributed by atoms with Crippen molar-refractivity contribution >= 4 is 28.5 Å². The van der Waals surface area contributed by atoms with E-state index in [1.165, 1.54) is 12.0 Å². The van der Waals surface area contributed by atoms with Gasteiger partial charge in [-0.3, -0.25) is 14.5 Å². The summed E-state index contributed by atoms with van der Waals surface area (Å²) in [6.07, 6.45) is 5.60. The van der Waals surface area contributed by atoms with Gasteiger partial charge in [0.15, 0.2) is 5.65 Å². The lowest BCUT2D eigenvalue weighted by atomic mass is 9.99. The molecule has 3 fully saturated rings. The second kappa shape index (κ2) is 17.1. The van der Waals surface area contributed by atoms with E-state index in [0.29, 0.717) is 55.9 Å². The molecular formula is C45H54N8O4. The summed E-state index contributed by atoms with van der Waals surface area (Å²) in [7, 11) is 1.69. The molecule has 57 heavy (non-hydrogen) atoms. The number of nitrogens with zero attached hydrogens (tertiary/aromatic N) is 4. The van der Waals surface area contributed by atoms with Crippen LogP contribution in [0.5, 0.6) is 5.75 Å². The van der Waals surface area contributed by atoms with Crippen LogP contribution in [0.25, 0.3) is 22.2 Å². The molecule has 3 saturated heterocycles. The number of aromatic nitrogens is 3. The molecular weight excluding hydrogens is 717 g/mol. The number of amides is 2. The van der Waals surface area contributed by atoms with Crippen LogP contribution in [-0.2, 0) is 37.3 Å². The number of carbonyl (C=O) groups excluding carboxylic acids is 2. The second-order valence-corrected chi connectivity index (χ2v) is 15.6. The molecule has 5 heterocycles. The van der Waals surface area contributed by atoms with Crippen LogP contribution in [0.3, 0.4) is 0 Å². The SMILES string of the molecule is CCc1nc2c(cnn2CC)c(NC2CCOCC2)c1CNC(=O)c1cc(C)cc(C(=O)NCc2ccc(OC)c(-c3cccc(CN4C[C@@H]5C[C@@H]4CN5)c3)c2)c1. The Labute approximate surface area is 334 Å². The summed E-state index contributed by atoms with van der Waals surface area (Å²) >= 11 is 0. The van der Waals surface area contributed by atoms with Gasteiger partial charge in [0.25, 0.3) is 11.8 Å². The average Bonchev–Trinajstić information content (AvgIpc) is 3.99. The van der Waals surface area contributed by atoms with E-state index >= 15 is 0 Å². The first kappa shape index (κ1) is 38.6. The Balaban J connectivity index is 0.958. The third-order valence-corrected chi connectivity index (χ3v) is 11.7. The number of hydrogen-bond acceptors (Lipinski definition) is 9. The molecule has 2 amide bonds. The first-order valence-electron chi connectivity index (χ1n) is 20.4. The summed E-state index contributed by atoms with van der Waals surface area (Å²) in [5.74, 6) is 0.276. The zero-order chi connectivity index (χ0) is 39.5. The van der Waals surface area contributed by atoms with Crippen molar-refractivity contribution in [2.24, 2.45) is 0 Å². The number of hydrogen-bond donors (Lipinski definition) is 4. The van der Waals surface area contributed by atoms with Crippen LogP contribution >= 0.6 is 0 Å². The summed E-state index contributed by atoms with van der Waals surface area (Å²) < 4.78 is 13.3. The van der Waals surface area contributed by atoms with E-state index in [1.54, 1.807) is 13.2 Å². The average molecular weight is 771 g/mol. The van der Waals surface area contributed by atoms with Crippen molar-refractivity contribution in [1.29, 1.82) is 0 Å². The highest BCUT2D eigenvalue weighted by Crippen LogP contribution is 2.34. The maximum absolute atomic E-state index is 13.8. The minimum Gasteiger partial charge on any atom is -0.496 e. The van der Waals surface area contributed by atoms with E-state index in [0.717, 1.165) is 88.5 Å². The lowest BCUT2D eigenvalue weighted by molar-refractivity contribution is 0.0904. The lowest BCUT2D eigenvalue weighted by Crippen LogP contribution is -2.42. The highest BCUT2D eigenvalue weighted by molar-refractivity contribution is 6.00. The Hall–Kier alpha value is -5.30. The molecule has 3 aromatic carbocycles. The fraction of sp³-hybridized carbons (Fsp3) is 0.422. The summed E-state index contributed by atoms with van der Waals surface area (Å²) in [5, 5.41) is 19.1. The number of carbonyl (C=O) groups is 2. The normalized spacial score (nSPS) is 18.2. The number of methoxy groups -OCH3 is 1. The number of ether oxygens (including phenoxy) is 2. The van der Waals surface area contributed by atoms with Gasteiger partial charge in [0.2, 0.25) is 0 Å². The highest BCUT2D eigenvalue weighted by Gasteiger charge is 2.37. The molecule has 2 bridgehead atoms. The zero-order valence-corrected chi connectivity index (χ0v) is 33.5. The van der Waals surface area contributed by atoms with Crippen LogP contribution in [0.2, 0.25) is 0 Å². The van der Waals surface area contributed by atoms with Gasteiger partial charge in [-0.15, -0.1) is 0 Å². The first-order valence-corrected chi connectivity index (χ1v) is 20.4. The predicted molar refractivity (Wildman–Crippen MR) is 223 cm³/mol. The van der Waals surface area contributed by atoms with Gasteiger partial charge < -0.3 is 30.7 Å². The smallest absolute Gasteiger partial charge is 0.251 e. The van der Waals surface area contributed by atoms with Gasteiger partial charge in [-0.05, 0) is 98.2 Å². The minimum absolute atomic E-state index is 0.250. The van der Waals surface area contributed by atoms with Crippen molar-refractivity contribution in [3.05, 3.63) is 106 Å². The maximum atomic E-state index is 13.8. The van der Waals surface area contributed by atoms with Crippen molar-refractivity contribution in [2.45, 2.75) is 90.8 Å².